The van der Waals surface area contributed by atoms with Crippen LogP contribution in [0.2, 0.25) is 0 Å². The summed E-state index contributed by atoms with van der Waals surface area (Å²) in [7, 11) is 0. The fraction of sp³-hybridized carbons (Fsp3) is 0.150. The maximum atomic E-state index is 10.6. The molecule has 1 unspecified atom stereocenters. The number of aliphatic hydroxyl groups excluding tert-OH is 1. The summed E-state index contributed by atoms with van der Waals surface area (Å²) >= 11 is 1.69. The Balaban J connectivity index is 1.69. The van der Waals surface area contributed by atoms with Crippen molar-refractivity contribution in [3.05, 3.63) is 88.5 Å². The van der Waals surface area contributed by atoms with Crippen LogP contribution < -0.4 is 0 Å². The van der Waals surface area contributed by atoms with Crippen LogP contribution in [0.5, 0.6) is 0 Å². The normalized spacial score (nSPS) is 12.2. The number of hydrogen-bond donors (Lipinski definition) is 1. The summed E-state index contributed by atoms with van der Waals surface area (Å²) in [5, 5.41) is 21.4. The fourth-order valence-electron chi connectivity index (χ4n) is 2.86. The standard InChI is InChI=1S/C20H18N4OS/c25-18(15-7-2-1-3-8-15)13-19-22-23-20(17-10-4-5-11-21-17)24(19)14-16-9-6-12-26-16/h1-12,18,25H,13-14H2. The highest BCUT2D eigenvalue weighted by Crippen LogP contribution is 2.23. The van der Waals surface area contributed by atoms with Crippen molar-refractivity contribution in [2.45, 2.75) is 19.1 Å². The smallest absolute Gasteiger partial charge is 0.182 e. The Morgan fingerprint density at radius 1 is 0.962 bits per heavy atom. The summed E-state index contributed by atoms with van der Waals surface area (Å²) in [4.78, 5) is 5.61. The molecule has 26 heavy (non-hydrogen) atoms. The molecule has 0 radical (unpaired) electrons. The fourth-order valence-corrected chi connectivity index (χ4v) is 3.55. The Bertz CT molecular complexity index is 952. The van der Waals surface area contributed by atoms with Crippen molar-refractivity contribution in [2.24, 2.45) is 0 Å². The molecule has 1 N–H and O–H groups in total. The molecule has 5 nitrogen and oxygen atoms in total. The maximum absolute atomic E-state index is 10.6. The van der Waals surface area contributed by atoms with E-state index in [1.165, 1.54) is 4.88 Å². The Morgan fingerprint density at radius 2 is 1.81 bits per heavy atom. The highest BCUT2D eigenvalue weighted by atomic mass is 32.1. The molecule has 0 bridgehead atoms. The zero-order chi connectivity index (χ0) is 17.8. The minimum absolute atomic E-state index is 0.398. The molecule has 0 saturated carbocycles. The highest BCUT2D eigenvalue weighted by Gasteiger charge is 2.19. The van der Waals surface area contributed by atoms with Crippen LogP contribution in [-0.2, 0) is 13.0 Å². The quantitative estimate of drug-likeness (QED) is 0.568. The predicted octanol–water partition coefficient (Wildman–Crippen LogP) is 3.73. The summed E-state index contributed by atoms with van der Waals surface area (Å²) in [5.74, 6) is 1.46. The van der Waals surface area contributed by atoms with Gasteiger partial charge in [-0.05, 0) is 29.1 Å². The molecule has 0 amide bonds. The average Bonchev–Trinajstić information content (AvgIpc) is 3.34. The van der Waals surface area contributed by atoms with E-state index in [0.717, 1.165) is 17.1 Å². The molecule has 0 aliphatic heterocycles. The lowest BCUT2D eigenvalue weighted by Gasteiger charge is -2.13. The highest BCUT2D eigenvalue weighted by molar-refractivity contribution is 7.09. The number of pyridine rings is 1. The third-order valence-corrected chi connectivity index (χ3v) is 5.04. The number of aromatic nitrogens is 4. The molecule has 0 spiro atoms. The van der Waals surface area contributed by atoms with Crippen molar-refractivity contribution in [1.29, 1.82) is 0 Å². The minimum Gasteiger partial charge on any atom is -0.388 e. The molecule has 3 heterocycles. The van der Waals surface area contributed by atoms with E-state index in [0.29, 0.717) is 18.8 Å². The van der Waals surface area contributed by atoms with Gasteiger partial charge in [0.05, 0.1) is 12.6 Å². The SMILES string of the molecule is OC(Cc1nnc(-c2ccccn2)n1Cc1cccs1)c1ccccc1. The van der Waals surface area contributed by atoms with Crippen molar-refractivity contribution in [2.75, 3.05) is 0 Å². The van der Waals surface area contributed by atoms with Crippen LogP contribution in [0.3, 0.4) is 0 Å². The van der Waals surface area contributed by atoms with Crippen LogP contribution >= 0.6 is 11.3 Å². The minimum atomic E-state index is -0.626. The van der Waals surface area contributed by atoms with Crippen molar-refractivity contribution in [3.8, 4) is 11.5 Å². The van der Waals surface area contributed by atoms with Crippen molar-refractivity contribution >= 4 is 11.3 Å². The lowest BCUT2D eigenvalue weighted by atomic mass is 10.1. The van der Waals surface area contributed by atoms with Gasteiger partial charge in [0.25, 0.3) is 0 Å². The van der Waals surface area contributed by atoms with Crippen LogP contribution in [0.1, 0.15) is 22.4 Å². The van der Waals surface area contributed by atoms with Gasteiger partial charge in [-0.2, -0.15) is 0 Å². The first kappa shape index (κ1) is 16.6. The van der Waals surface area contributed by atoms with Gasteiger partial charge in [-0.1, -0.05) is 42.5 Å². The van der Waals surface area contributed by atoms with E-state index in [4.69, 9.17) is 0 Å². The van der Waals surface area contributed by atoms with Crippen molar-refractivity contribution in [1.82, 2.24) is 19.7 Å². The summed E-state index contributed by atoms with van der Waals surface area (Å²) in [6.45, 7) is 0.660. The first-order valence-corrected chi connectivity index (χ1v) is 9.28. The largest absolute Gasteiger partial charge is 0.388 e. The van der Waals surface area contributed by atoms with Crippen molar-refractivity contribution in [3.63, 3.8) is 0 Å². The zero-order valence-corrected chi connectivity index (χ0v) is 14.9. The number of thiophene rings is 1. The summed E-state index contributed by atoms with van der Waals surface area (Å²) in [5.41, 5.74) is 1.65. The van der Waals surface area contributed by atoms with Gasteiger partial charge in [0.2, 0.25) is 0 Å². The number of benzene rings is 1. The first-order valence-electron chi connectivity index (χ1n) is 8.40. The van der Waals surface area contributed by atoms with Crippen molar-refractivity contribution < 1.29 is 5.11 Å². The van der Waals surface area contributed by atoms with Crippen LogP contribution in [0.25, 0.3) is 11.5 Å². The number of aliphatic hydroxyl groups is 1. The van der Waals surface area contributed by atoms with Gasteiger partial charge in [-0.25, -0.2) is 0 Å². The van der Waals surface area contributed by atoms with Gasteiger partial charge in [0.15, 0.2) is 5.82 Å². The van der Waals surface area contributed by atoms with E-state index in [2.05, 4.69) is 26.6 Å². The maximum Gasteiger partial charge on any atom is 0.182 e. The van der Waals surface area contributed by atoms with E-state index in [1.807, 2.05) is 59.2 Å². The topological polar surface area (TPSA) is 63.8 Å². The molecule has 4 rings (SSSR count). The van der Waals surface area contributed by atoms with Gasteiger partial charge >= 0.3 is 0 Å². The van der Waals surface area contributed by atoms with E-state index >= 15 is 0 Å². The van der Waals surface area contributed by atoms with E-state index < -0.39 is 6.10 Å². The molecule has 4 aromatic rings. The molecule has 0 aliphatic carbocycles. The third-order valence-electron chi connectivity index (χ3n) is 4.18. The van der Waals surface area contributed by atoms with Crippen LogP contribution in [0, 0.1) is 0 Å². The number of nitrogens with zero attached hydrogens (tertiary/aromatic N) is 4. The first-order chi connectivity index (χ1) is 12.8. The third kappa shape index (κ3) is 3.56. The second kappa shape index (κ2) is 7.59. The lowest BCUT2D eigenvalue weighted by molar-refractivity contribution is 0.174. The van der Waals surface area contributed by atoms with Gasteiger partial charge in [0.1, 0.15) is 11.5 Å². The van der Waals surface area contributed by atoms with Crippen LogP contribution in [0.4, 0.5) is 0 Å². The van der Waals surface area contributed by atoms with E-state index in [9.17, 15) is 5.11 Å². The molecule has 1 atom stereocenters. The van der Waals surface area contributed by atoms with Gasteiger partial charge in [-0.3, -0.25) is 4.98 Å². The summed E-state index contributed by atoms with van der Waals surface area (Å²) in [6.07, 6.45) is 1.52. The molecule has 0 saturated heterocycles. The Kier molecular flexibility index (Phi) is 4.86. The summed E-state index contributed by atoms with van der Waals surface area (Å²) < 4.78 is 2.04. The molecule has 130 valence electrons. The monoisotopic (exact) mass is 362 g/mol. The molecular formula is C20H18N4OS. The number of rotatable bonds is 6. The van der Waals surface area contributed by atoms with E-state index in [-0.39, 0.29) is 0 Å². The van der Waals surface area contributed by atoms with E-state index in [1.54, 1.807) is 17.5 Å². The van der Waals surface area contributed by atoms with Gasteiger partial charge in [0, 0.05) is 17.5 Å². The number of hydrogen-bond acceptors (Lipinski definition) is 5. The lowest BCUT2D eigenvalue weighted by Crippen LogP contribution is -2.11. The molecule has 6 heteroatoms. The second-order valence-electron chi connectivity index (χ2n) is 5.95. The zero-order valence-electron chi connectivity index (χ0n) is 14.1. The molecule has 0 fully saturated rings. The molecule has 0 aliphatic rings. The average molecular weight is 362 g/mol. The van der Waals surface area contributed by atoms with Gasteiger partial charge in [-0.15, -0.1) is 21.5 Å². The Hall–Kier alpha value is -2.83. The predicted molar refractivity (Wildman–Crippen MR) is 102 cm³/mol. The molecule has 3 aromatic heterocycles. The summed E-state index contributed by atoms with van der Waals surface area (Å²) in [6, 6.07) is 19.5. The van der Waals surface area contributed by atoms with Crippen LogP contribution in [-0.4, -0.2) is 24.9 Å². The van der Waals surface area contributed by atoms with Gasteiger partial charge < -0.3 is 9.67 Å². The second-order valence-corrected chi connectivity index (χ2v) is 6.98. The Morgan fingerprint density at radius 3 is 2.54 bits per heavy atom. The molecular weight excluding hydrogens is 344 g/mol. The Labute approximate surface area is 155 Å². The van der Waals surface area contributed by atoms with Crippen LogP contribution in [0.15, 0.2) is 72.2 Å². The molecule has 1 aromatic carbocycles.